The number of carbonyl (C=O) groups is 1. The van der Waals surface area contributed by atoms with E-state index in [1.807, 2.05) is 36.4 Å². The van der Waals surface area contributed by atoms with Crippen LogP contribution in [0.4, 0.5) is 4.39 Å². The van der Waals surface area contributed by atoms with Gasteiger partial charge in [0.25, 0.3) is 0 Å². The van der Waals surface area contributed by atoms with Crippen molar-refractivity contribution in [2.45, 2.75) is 32.3 Å². The zero-order chi connectivity index (χ0) is 21.6. The van der Waals surface area contributed by atoms with Gasteiger partial charge >= 0.3 is 5.97 Å². The molecule has 3 aromatic rings. The van der Waals surface area contributed by atoms with Gasteiger partial charge in [-0.05, 0) is 77.1 Å². The number of hydrogen-bond acceptors (Lipinski definition) is 4. The predicted octanol–water partition coefficient (Wildman–Crippen LogP) is 5.50. The number of esters is 1. The highest BCUT2D eigenvalue weighted by Crippen LogP contribution is 2.32. The van der Waals surface area contributed by atoms with Gasteiger partial charge in [-0.2, -0.15) is 0 Å². The summed E-state index contributed by atoms with van der Waals surface area (Å²) in [5.74, 6) is 1.17. The van der Waals surface area contributed by atoms with Gasteiger partial charge in [0.05, 0.1) is 13.7 Å². The normalized spacial score (nSPS) is 12.2. The fraction of sp³-hybridized carbons (Fsp3) is 0.269. The summed E-state index contributed by atoms with van der Waals surface area (Å²) < 4.78 is 30.2. The zero-order valence-corrected chi connectivity index (χ0v) is 17.5. The maximum Gasteiger partial charge on any atom is 0.305 e. The van der Waals surface area contributed by atoms with Crippen LogP contribution < -0.4 is 9.47 Å². The van der Waals surface area contributed by atoms with E-state index >= 15 is 0 Å². The van der Waals surface area contributed by atoms with Crippen molar-refractivity contribution in [3.63, 3.8) is 0 Å². The third-order valence-corrected chi connectivity index (χ3v) is 5.46. The van der Waals surface area contributed by atoms with E-state index < -0.39 is 0 Å². The fourth-order valence-corrected chi connectivity index (χ4v) is 3.77. The number of hydrogen-bond donors (Lipinski definition) is 0. The summed E-state index contributed by atoms with van der Waals surface area (Å²) in [5, 5.41) is 0. The van der Waals surface area contributed by atoms with E-state index in [1.165, 1.54) is 24.8 Å². The minimum absolute atomic E-state index is 0.193. The van der Waals surface area contributed by atoms with Crippen molar-refractivity contribution in [3.8, 4) is 22.6 Å². The van der Waals surface area contributed by atoms with E-state index in [0.29, 0.717) is 18.8 Å². The number of benzene rings is 3. The molecule has 160 valence electrons. The SMILES string of the molecule is COC(=O)CCCc1ccc(OCc2cc(F)ccc2-c2ccc3c(c2)CCO3)cc1. The molecule has 4 rings (SSSR count). The van der Waals surface area contributed by atoms with Crippen LogP contribution >= 0.6 is 0 Å². The van der Waals surface area contributed by atoms with Crippen LogP contribution in [0.1, 0.15) is 29.5 Å². The zero-order valence-electron chi connectivity index (χ0n) is 17.5. The Morgan fingerprint density at radius 3 is 2.71 bits per heavy atom. The van der Waals surface area contributed by atoms with Gasteiger partial charge in [0.1, 0.15) is 23.9 Å². The summed E-state index contributed by atoms with van der Waals surface area (Å²) in [6, 6.07) is 18.7. The Labute approximate surface area is 181 Å². The van der Waals surface area contributed by atoms with Crippen LogP contribution in [0.25, 0.3) is 11.1 Å². The number of fused-ring (bicyclic) bond motifs is 1. The molecule has 5 heteroatoms. The second-order valence-electron chi connectivity index (χ2n) is 7.58. The van der Waals surface area contributed by atoms with Gasteiger partial charge in [-0.15, -0.1) is 0 Å². The first kappa shape index (κ1) is 20.9. The van der Waals surface area contributed by atoms with Crippen LogP contribution in [0.3, 0.4) is 0 Å². The molecule has 0 amide bonds. The lowest BCUT2D eigenvalue weighted by atomic mass is 9.97. The van der Waals surface area contributed by atoms with Crippen LogP contribution in [-0.2, 0) is 29.0 Å². The topological polar surface area (TPSA) is 44.8 Å². The molecule has 0 saturated heterocycles. The van der Waals surface area contributed by atoms with Crippen molar-refractivity contribution in [2.24, 2.45) is 0 Å². The van der Waals surface area contributed by atoms with Crippen LogP contribution in [0.2, 0.25) is 0 Å². The lowest BCUT2D eigenvalue weighted by Gasteiger charge is -2.13. The number of aryl methyl sites for hydroxylation is 1. The van der Waals surface area contributed by atoms with Crippen LogP contribution in [0.5, 0.6) is 11.5 Å². The molecule has 0 bridgehead atoms. The summed E-state index contributed by atoms with van der Waals surface area (Å²) in [5.41, 5.74) is 5.08. The summed E-state index contributed by atoms with van der Waals surface area (Å²) in [6.45, 7) is 0.971. The maximum atomic E-state index is 14.0. The molecule has 0 aromatic heterocycles. The third kappa shape index (κ3) is 5.23. The quantitative estimate of drug-likeness (QED) is 0.451. The Morgan fingerprint density at radius 1 is 1.06 bits per heavy atom. The average molecular weight is 420 g/mol. The van der Waals surface area contributed by atoms with Crippen molar-refractivity contribution in [3.05, 3.63) is 83.2 Å². The first-order valence-electron chi connectivity index (χ1n) is 10.5. The Morgan fingerprint density at radius 2 is 1.90 bits per heavy atom. The van der Waals surface area contributed by atoms with Gasteiger partial charge in [-0.25, -0.2) is 4.39 Å². The van der Waals surface area contributed by atoms with E-state index in [4.69, 9.17) is 9.47 Å². The highest BCUT2D eigenvalue weighted by molar-refractivity contribution is 5.70. The number of halogens is 1. The summed E-state index contributed by atoms with van der Waals surface area (Å²) >= 11 is 0. The molecule has 0 N–H and O–H groups in total. The minimum Gasteiger partial charge on any atom is -0.493 e. The molecule has 0 atom stereocenters. The predicted molar refractivity (Wildman–Crippen MR) is 117 cm³/mol. The van der Waals surface area contributed by atoms with Crippen LogP contribution in [-0.4, -0.2) is 19.7 Å². The minimum atomic E-state index is -0.284. The maximum absolute atomic E-state index is 14.0. The standard InChI is InChI=1S/C26H25FO4/c1-29-26(28)4-2-3-18-5-9-23(10-6-18)31-17-21-16-22(27)8-11-24(21)19-7-12-25-20(15-19)13-14-30-25/h5-12,15-16H,2-4,13-14,17H2,1H3. The van der Waals surface area contributed by atoms with Crippen molar-refractivity contribution in [1.82, 2.24) is 0 Å². The third-order valence-electron chi connectivity index (χ3n) is 5.46. The second-order valence-corrected chi connectivity index (χ2v) is 7.58. The van der Waals surface area contributed by atoms with E-state index in [2.05, 4.69) is 10.8 Å². The molecule has 0 unspecified atom stereocenters. The summed E-state index contributed by atoms with van der Waals surface area (Å²) in [7, 11) is 1.40. The molecule has 1 heterocycles. The second kappa shape index (κ2) is 9.65. The van der Waals surface area contributed by atoms with Gasteiger partial charge in [0.2, 0.25) is 0 Å². The largest absolute Gasteiger partial charge is 0.493 e. The molecule has 0 aliphatic carbocycles. The van der Waals surface area contributed by atoms with E-state index in [-0.39, 0.29) is 18.4 Å². The average Bonchev–Trinajstić information content (AvgIpc) is 3.26. The van der Waals surface area contributed by atoms with Crippen LogP contribution in [0, 0.1) is 5.82 Å². The molecule has 0 saturated carbocycles. The molecular formula is C26H25FO4. The number of ether oxygens (including phenoxy) is 3. The molecule has 0 spiro atoms. The molecular weight excluding hydrogens is 395 g/mol. The van der Waals surface area contributed by atoms with Crippen molar-refractivity contribution < 1.29 is 23.4 Å². The van der Waals surface area contributed by atoms with Crippen LogP contribution in [0.15, 0.2) is 60.7 Å². The molecule has 31 heavy (non-hydrogen) atoms. The Balaban J connectivity index is 1.43. The highest BCUT2D eigenvalue weighted by Gasteiger charge is 2.15. The number of methoxy groups -OCH3 is 1. The van der Waals surface area contributed by atoms with Gasteiger partial charge in [0, 0.05) is 12.8 Å². The first-order valence-corrected chi connectivity index (χ1v) is 10.5. The first-order chi connectivity index (χ1) is 15.1. The Bertz CT molecular complexity index is 1060. The van der Waals surface area contributed by atoms with Crippen molar-refractivity contribution in [2.75, 3.05) is 13.7 Å². The van der Waals surface area contributed by atoms with Crippen molar-refractivity contribution in [1.29, 1.82) is 0 Å². The fourth-order valence-electron chi connectivity index (χ4n) is 3.77. The van der Waals surface area contributed by atoms with E-state index in [0.717, 1.165) is 47.3 Å². The van der Waals surface area contributed by atoms with Gasteiger partial charge < -0.3 is 14.2 Å². The molecule has 0 radical (unpaired) electrons. The molecule has 4 nitrogen and oxygen atoms in total. The highest BCUT2D eigenvalue weighted by atomic mass is 19.1. The smallest absolute Gasteiger partial charge is 0.305 e. The molecule has 3 aromatic carbocycles. The van der Waals surface area contributed by atoms with E-state index in [9.17, 15) is 9.18 Å². The Kier molecular flexibility index (Phi) is 6.51. The molecule has 0 fully saturated rings. The summed E-state index contributed by atoms with van der Waals surface area (Å²) in [6.07, 6.45) is 2.84. The van der Waals surface area contributed by atoms with Gasteiger partial charge in [-0.3, -0.25) is 4.79 Å². The van der Waals surface area contributed by atoms with E-state index in [1.54, 1.807) is 6.07 Å². The summed E-state index contributed by atoms with van der Waals surface area (Å²) in [4.78, 5) is 11.2. The lowest BCUT2D eigenvalue weighted by molar-refractivity contribution is -0.140. The monoisotopic (exact) mass is 420 g/mol. The van der Waals surface area contributed by atoms with Crippen molar-refractivity contribution >= 4 is 5.97 Å². The van der Waals surface area contributed by atoms with Gasteiger partial charge in [0.15, 0.2) is 0 Å². The number of carbonyl (C=O) groups excluding carboxylic acids is 1. The molecule has 1 aliphatic heterocycles. The lowest BCUT2D eigenvalue weighted by Crippen LogP contribution is -2.01. The molecule has 1 aliphatic rings. The Hall–Kier alpha value is -3.34. The van der Waals surface area contributed by atoms with Gasteiger partial charge in [-0.1, -0.05) is 24.3 Å². The number of rotatable bonds is 8.